The largest absolute Gasteiger partial charge is 0.518 e. The highest BCUT2D eigenvalue weighted by Crippen LogP contribution is 2.37. The van der Waals surface area contributed by atoms with Crippen LogP contribution in [-0.4, -0.2) is 57.4 Å². The van der Waals surface area contributed by atoms with Gasteiger partial charge in [0, 0.05) is 18.0 Å². The summed E-state index contributed by atoms with van der Waals surface area (Å²) in [5.41, 5.74) is 1.25. The van der Waals surface area contributed by atoms with Gasteiger partial charge < -0.3 is 24.0 Å². The number of methoxy groups -OCH3 is 1. The highest BCUT2D eigenvalue weighted by atomic mass is 28.4. The van der Waals surface area contributed by atoms with Crippen molar-refractivity contribution in [3.05, 3.63) is 30.0 Å². The maximum absolute atomic E-state index is 13.3. The predicted molar refractivity (Wildman–Crippen MR) is 132 cm³/mol. The van der Waals surface area contributed by atoms with Gasteiger partial charge in [0.1, 0.15) is 11.8 Å². The molecule has 9 nitrogen and oxygen atoms in total. The van der Waals surface area contributed by atoms with E-state index in [1.807, 2.05) is 33.9 Å². The van der Waals surface area contributed by atoms with Gasteiger partial charge >= 0.3 is 18.2 Å². The van der Waals surface area contributed by atoms with Crippen molar-refractivity contribution in [2.75, 3.05) is 20.3 Å². The molecule has 0 bridgehead atoms. The minimum Gasteiger partial charge on any atom is -0.518 e. The van der Waals surface area contributed by atoms with Crippen LogP contribution in [0.5, 0.6) is 5.75 Å². The van der Waals surface area contributed by atoms with Crippen LogP contribution in [0.4, 0.5) is 9.59 Å². The zero-order chi connectivity index (χ0) is 25.7. The van der Waals surface area contributed by atoms with Gasteiger partial charge in [0.2, 0.25) is 0 Å². The molecular weight excluding hydrogens is 456 g/mol. The number of fused-ring (bicyclic) bond motifs is 1. The Balaban J connectivity index is 2.50. The quantitative estimate of drug-likeness (QED) is 0.525. The summed E-state index contributed by atoms with van der Waals surface area (Å²) in [4.78, 5) is 38.1. The Hall–Kier alpha value is -3.01. The summed E-state index contributed by atoms with van der Waals surface area (Å²) in [6.07, 6.45) is 0.443. The lowest BCUT2D eigenvalue weighted by molar-refractivity contribution is -0.137. The lowest BCUT2D eigenvalue weighted by Crippen LogP contribution is -2.50. The number of ether oxygens (including phenoxy) is 3. The molecule has 1 atom stereocenters. The van der Waals surface area contributed by atoms with Crippen molar-refractivity contribution in [3.63, 3.8) is 0 Å². The summed E-state index contributed by atoms with van der Waals surface area (Å²) < 4.78 is 22.9. The molecule has 2 aromatic rings. The average Bonchev–Trinajstić information content (AvgIpc) is 3.10. The van der Waals surface area contributed by atoms with E-state index < -0.39 is 32.5 Å². The van der Waals surface area contributed by atoms with Crippen LogP contribution in [-0.2, 0) is 25.1 Å². The van der Waals surface area contributed by atoms with Gasteiger partial charge in [-0.15, -0.1) is 0 Å². The number of hydrogen-bond acceptors (Lipinski definition) is 7. The summed E-state index contributed by atoms with van der Waals surface area (Å²) in [7, 11) is -0.904. The van der Waals surface area contributed by atoms with E-state index in [-0.39, 0.29) is 24.7 Å². The molecule has 34 heavy (non-hydrogen) atoms. The second-order valence-electron chi connectivity index (χ2n) is 9.41. The fourth-order valence-electron chi connectivity index (χ4n) is 3.11. The maximum atomic E-state index is 13.3. The molecule has 1 amide bonds. The van der Waals surface area contributed by atoms with Crippen LogP contribution < -0.4 is 10.1 Å². The number of nitrogens with one attached hydrogen (secondary N) is 1. The maximum Gasteiger partial charge on any atom is 0.418 e. The van der Waals surface area contributed by atoms with E-state index in [1.165, 1.54) is 4.57 Å². The smallest absolute Gasteiger partial charge is 0.418 e. The number of benzene rings is 1. The number of nitrogens with zero attached hydrogens (tertiary/aromatic N) is 1. The number of alkyl carbamates (subject to hydrolysis) is 1. The summed E-state index contributed by atoms with van der Waals surface area (Å²) in [5.74, 6) is 0.0497. The van der Waals surface area contributed by atoms with E-state index in [4.69, 9.17) is 18.6 Å². The van der Waals surface area contributed by atoms with Crippen LogP contribution in [0.1, 0.15) is 40.2 Å². The van der Waals surface area contributed by atoms with E-state index in [2.05, 4.69) is 5.32 Å². The second kappa shape index (κ2) is 10.9. The molecule has 0 radical (unpaired) electrons. The lowest BCUT2D eigenvalue weighted by Gasteiger charge is -2.36. The monoisotopic (exact) mass is 492 g/mol. The molecule has 1 heterocycles. The first-order valence-electron chi connectivity index (χ1n) is 11.4. The fraction of sp³-hybridized carbons (Fsp3) is 0.542. The van der Waals surface area contributed by atoms with Gasteiger partial charge in [0.15, 0.2) is 0 Å². The Labute approximate surface area is 201 Å². The molecule has 0 fully saturated rings. The Morgan fingerprint density at radius 1 is 1.09 bits per heavy atom. The molecule has 0 spiro atoms. The van der Waals surface area contributed by atoms with Crippen molar-refractivity contribution in [1.82, 2.24) is 9.88 Å². The molecular formula is C24H36N2O7Si. The third-order valence-corrected chi connectivity index (χ3v) is 10.3. The number of carbonyl (C=O) groups excluding carboxylic acids is 3. The van der Waals surface area contributed by atoms with Crippen LogP contribution >= 0.6 is 0 Å². The predicted octanol–water partition coefficient (Wildman–Crippen LogP) is 4.86. The standard InChI is InChI=1S/C24H36N2O7Si/c1-9-31-22(28)25-19(21(27)33-34(7,8)24(3,4)5)13-16-15-26(23(29)32-10-2)20-12-11-17(30-6)14-18(16)20/h11-12,14-15,19H,9-10,13H2,1-8H3,(H,25,28). The van der Waals surface area contributed by atoms with E-state index >= 15 is 0 Å². The fourth-order valence-corrected chi connectivity index (χ4v) is 4.07. The Bertz CT molecular complexity index is 1040. The zero-order valence-corrected chi connectivity index (χ0v) is 22.3. The van der Waals surface area contributed by atoms with Crippen molar-refractivity contribution < 1.29 is 33.0 Å². The van der Waals surface area contributed by atoms with Crippen molar-refractivity contribution in [2.45, 2.75) is 65.2 Å². The molecule has 0 saturated heterocycles. The summed E-state index contributed by atoms with van der Waals surface area (Å²) in [5, 5.41) is 3.12. The summed E-state index contributed by atoms with van der Waals surface area (Å²) in [6, 6.07) is 4.25. The molecule has 0 aliphatic carbocycles. The summed E-state index contributed by atoms with van der Waals surface area (Å²) >= 11 is 0. The van der Waals surface area contributed by atoms with E-state index in [0.717, 1.165) is 0 Å². The average molecular weight is 493 g/mol. The molecule has 1 aromatic carbocycles. The van der Waals surface area contributed by atoms with Crippen LogP contribution in [0.25, 0.3) is 10.9 Å². The number of aromatic nitrogens is 1. The molecule has 1 N–H and O–H groups in total. The third-order valence-electron chi connectivity index (χ3n) is 6.00. The van der Waals surface area contributed by atoms with E-state index in [9.17, 15) is 14.4 Å². The zero-order valence-electron chi connectivity index (χ0n) is 21.3. The lowest BCUT2D eigenvalue weighted by atomic mass is 10.0. The first kappa shape index (κ1) is 27.2. The van der Waals surface area contributed by atoms with Gasteiger partial charge in [-0.2, -0.15) is 0 Å². The van der Waals surface area contributed by atoms with Crippen molar-refractivity contribution in [3.8, 4) is 5.75 Å². The Morgan fingerprint density at radius 2 is 1.74 bits per heavy atom. The normalized spacial score (nSPS) is 12.7. The number of rotatable bonds is 8. The van der Waals surface area contributed by atoms with Crippen LogP contribution in [0, 0.1) is 0 Å². The Kier molecular flexibility index (Phi) is 8.76. The molecule has 0 aliphatic heterocycles. The molecule has 0 aliphatic rings. The molecule has 2 rings (SSSR count). The minimum atomic E-state index is -2.45. The number of carbonyl (C=O) groups is 3. The summed E-state index contributed by atoms with van der Waals surface area (Å²) in [6.45, 7) is 13.8. The number of amides is 1. The van der Waals surface area contributed by atoms with Gasteiger partial charge in [0.25, 0.3) is 8.32 Å². The first-order valence-corrected chi connectivity index (χ1v) is 14.3. The minimum absolute atomic E-state index is 0.0857. The number of hydrogen-bond donors (Lipinski definition) is 1. The van der Waals surface area contributed by atoms with Gasteiger partial charge in [-0.05, 0) is 55.7 Å². The van der Waals surface area contributed by atoms with Gasteiger partial charge in [0.05, 0.1) is 25.8 Å². The topological polar surface area (TPSA) is 105 Å². The van der Waals surface area contributed by atoms with E-state index in [0.29, 0.717) is 22.2 Å². The second-order valence-corrected chi connectivity index (χ2v) is 14.1. The molecule has 188 valence electrons. The van der Waals surface area contributed by atoms with Crippen LogP contribution in [0.2, 0.25) is 18.1 Å². The SMILES string of the molecule is CCOC(=O)NC(Cc1cn(C(=O)OCC)c2ccc(OC)cc12)C(=O)O[Si](C)(C)C(C)(C)C. The van der Waals surface area contributed by atoms with Gasteiger partial charge in [-0.3, -0.25) is 9.36 Å². The van der Waals surface area contributed by atoms with Crippen molar-refractivity contribution in [2.24, 2.45) is 0 Å². The first-order chi connectivity index (χ1) is 15.8. The van der Waals surface area contributed by atoms with Crippen molar-refractivity contribution in [1.29, 1.82) is 0 Å². The highest BCUT2D eigenvalue weighted by molar-refractivity contribution is 6.75. The molecule has 1 aromatic heterocycles. The third kappa shape index (κ3) is 6.31. The van der Waals surface area contributed by atoms with Gasteiger partial charge in [-0.1, -0.05) is 20.8 Å². The van der Waals surface area contributed by atoms with Crippen LogP contribution in [0.3, 0.4) is 0 Å². The highest BCUT2D eigenvalue weighted by Gasteiger charge is 2.42. The molecule has 10 heteroatoms. The van der Waals surface area contributed by atoms with E-state index in [1.54, 1.807) is 45.4 Å². The van der Waals surface area contributed by atoms with Crippen molar-refractivity contribution >= 4 is 37.4 Å². The van der Waals surface area contributed by atoms with Gasteiger partial charge in [-0.25, -0.2) is 9.59 Å². The molecule has 0 saturated carbocycles. The molecule has 1 unspecified atom stereocenters. The Morgan fingerprint density at radius 3 is 2.29 bits per heavy atom. The van der Waals surface area contributed by atoms with Crippen LogP contribution in [0.15, 0.2) is 24.4 Å².